The molecule has 11 aromatic rings. The zero-order chi connectivity index (χ0) is 45.3. The Balaban J connectivity index is 1.22. The molecule has 0 saturated carbocycles. The average Bonchev–Trinajstić information content (AvgIpc) is 4.26. The summed E-state index contributed by atoms with van der Waals surface area (Å²) in [6.45, 7) is 0. The molecule has 5 heterocycles. The summed E-state index contributed by atoms with van der Waals surface area (Å²) in [6, 6.07) is 67.5. The van der Waals surface area contributed by atoms with Crippen LogP contribution < -0.4 is 0 Å². The number of hydrogen-bond donors (Lipinski definition) is 2. The quantitative estimate of drug-likeness (QED) is 0.172. The van der Waals surface area contributed by atoms with E-state index >= 15 is 0 Å². The highest BCUT2D eigenvalue weighted by Gasteiger charge is 2.22. The van der Waals surface area contributed by atoms with Crippen LogP contribution in [0.15, 0.2) is 182 Å². The van der Waals surface area contributed by atoms with Gasteiger partial charge in [-0.25, -0.2) is 9.97 Å². The van der Waals surface area contributed by atoms with Crippen LogP contribution in [0.4, 0.5) is 0 Å². The highest BCUT2D eigenvalue weighted by molar-refractivity contribution is 6.17. The summed E-state index contributed by atoms with van der Waals surface area (Å²) in [6.07, 6.45) is 8.45. The van der Waals surface area contributed by atoms with E-state index in [1.54, 1.807) is 0 Å². The third-order valence-electron chi connectivity index (χ3n) is 13.4. The number of fused-ring (bicyclic) bond motifs is 14. The third-order valence-corrected chi connectivity index (χ3v) is 13.4. The maximum Gasteiger partial charge on any atom is 0.0991 e. The lowest BCUT2D eigenvalue weighted by Gasteiger charge is -2.12. The second-order valence-electron chi connectivity index (χ2n) is 17.3. The predicted octanol–water partition coefficient (Wildman–Crippen LogP) is 15.7. The number of benzene rings is 8. The topological polar surface area (TPSA) is 105 Å². The Morgan fingerprint density at radius 2 is 0.647 bits per heavy atom. The molecule has 6 nitrogen and oxygen atoms in total. The number of aromatic amines is 2. The molecule has 0 atom stereocenters. The average molecular weight is 865 g/mol. The van der Waals surface area contributed by atoms with E-state index in [1.165, 1.54) is 10.8 Å². The molecule has 0 unspecified atom stereocenters. The number of nitrogens with zero attached hydrogens (tertiary/aromatic N) is 4. The minimum absolute atomic E-state index is 0.585. The zero-order valence-corrected chi connectivity index (χ0v) is 36.4. The molecular weight excluding hydrogens is 829 g/mol. The first-order valence-corrected chi connectivity index (χ1v) is 22.6. The Labute approximate surface area is 390 Å². The van der Waals surface area contributed by atoms with E-state index in [-0.39, 0.29) is 0 Å². The fourth-order valence-electron chi connectivity index (χ4n) is 10.3. The van der Waals surface area contributed by atoms with Crippen molar-refractivity contribution < 1.29 is 0 Å². The van der Waals surface area contributed by atoms with Crippen LogP contribution in [0.3, 0.4) is 0 Å². The number of nitriles is 2. The normalized spacial score (nSPS) is 12.0. The molecule has 0 radical (unpaired) electrons. The van der Waals surface area contributed by atoms with Gasteiger partial charge < -0.3 is 9.97 Å². The van der Waals surface area contributed by atoms with Crippen molar-refractivity contribution in [3.63, 3.8) is 0 Å². The van der Waals surface area contributed by atoms with Gasteiger partial charge in [-0.05, 0) is 150 Å². The van der Waals surface area contributed by atoms with Crippen molar-refractivity contribution in [3.8, 4) is 56.6 Å². The third kappa shape index (κ3) is 6.25. The molecule has 0 spiro atoms. The molecule has 68 heavy (non-hydrogen) atoms. The lowest BCUT2D eigenvalue weighted by Crippen LogP contribution is -1.91. The van der Waals surface area contributed by atoms with Crippen molar-refractivity contribution in [2.24, 2.45) is 0 Å². The van der Waals surface area contributed by atoms with Gasteiger partial charge in [-0.3, -0.25) is 0 Å². The van der Waals surface area contributed by atoms with E-state index < -0.39 is 0 Å². The Bertz CT molecular complexity index is 3990. The highest BCUT2D eigenvalue weighted by Crippen LogP contribution is 2.43. The van der Waals surface area contributed by atoms with Gasteiger partial charge in [0.1, 0.15) is 0 Å². The summed E-state index contributed by atoms with van der Waals surface area (Å²) in [7, 11) is 0. The number of nitrogens with one attached hydrogen (secondary N) is 2. The minimum Gasteiger partial charge on any atom is -0.354 e. The molecule has 2 aliphatic rings. The molecule has 0 amide bonds. The van der Waals surface area contributed by atoms with Crippen molar-refractivity contribution in [1.82, 2.24) is 19.9 Å². The molecule has 0 fully saturated rings. The monoisotopic (exact) mass is 864 g/mol. The highest BCUT2D eigenvalue weighted by atomic mass is 14.8. The molecule has 8 aromatic carbocycles. The Morgan fingerprint density at radius 3 is 1.03 bits per heavy atom. The van der Waals surface area contributed by atoms with Gasteiger partial charge in [-0.2, -0.15) is 10.5 Å². The van der Waals surface area contributed by atoms with Gasteiger partial charge in [0.15, 0.2) is 0 Å². The van der Waals surface area contributed by atoms with Gasteiger partial charge in [0, 0.05) is 44.3 Å². The zero-order valence-electron chi connectivity index (χ0n) is 36.4. The first-order chi connectivity index (χ1) is 33.6. The predicted molar refractivity (Wildman–Crippen MR) is 280 cm³/mol. The lowest BCUT2D eigenvalue weighted by atomic mass is 9.92. The lowest BCUT2D eigenvalue weighted by molar-refractivity contribution is 1.31. The van der Waals surface area contributed by atoms with Crippen molar-refractivity contribution >= 4 is 89.5 Å². The molecular formula is C62H36N6. The minimum atomic E-state index is 0.585. The van der Waals surface area contributed by atoms with Crippen molar-refractivity contribution in [3.05, 3.63) is 216 Å². The second kappa shape index (κ2) is 15.5. The van der Waals surface area contributed by atoms with Gasteiger partial charge in [0.25, 0.3) is 0 Å². The van der Waals surface area contributed by atoms with E-state index in [9.17, 15) is 10.5 Å². The van der Waals surface area contributed by atoms with Crippen LogP contribution in [0.2, 0.25) is 0 Å². The second-order valence-corrected chi connectivity index (χ2v) is 17.3. The van der Waals surface area contributed by atoms with Gasteiger partial charge in [0.2, 0.25) is 0 Å². The number of hydrogen-bond acceptors (Lipinski definition) is 4. The van der Waals surface area contributed by atoms with Gasteiger partial charge >= 0.3 is 0 Å². The van der Waals surface area contributed by atoms with Crippen LogP contribution in [0, 0.1) is 22.7 Å². The number of aromatic nitrogens is 4. The molecule has 8 bridgehead atoms. The van der Waals surface area contributed by atoms with Crippen LogP contribution in [-0.4, -0.2) is 19.9 Å². The van der Waals surface area contributed by atoms with Crippen molar-refractivity contribution in [1.29, 1.82) is 10.5 Å². The standard InChI is InChI=1S/C62H36N6/c63-35-37-17-21-39(22-18-37)59-51-25-29-55(65-51)61(49-33-41-9-1-3-11-43(41)45-13-5-7-15-47(45)49)56-30-26-52(66-56)60(40-23-19-38(36-64)20-24-40)54-28-32-58(68-54)62(57-31-27-53(59)67-57)50-34-42-10-2-4-12-44(42)46-14-6-8-16-48(46)50/h1-34,65,68H. The number of rotatable bonds is 4. The van der Waals surface area contributed by atoms with E-state index in [1.807, 2.05) is 48.5 Å². The Kier molecular flexibility index (Phi) is 8.86. The molecule has 314 valence electrons. The summed E-state index contributed by atoms with van der Waals surface area (Å²) >= 11 is 0. The fourth-order valence-corrected chi connectivity index (χ4v) is 10.3. The first kappa shape index (κ1) is 38.8. The van der Waals surface area contributed by atoms with Crippen molar-refractivity contribution in [2.45, 2.75) is 0 Å². The van der Waals surface area contributed by atoms with Crippen molar-refractivity contribution in [2.75, 3.05) is 0 Å². The summed E-state index contributed by atoms with van der Waals surface area (Å²) in [5, 5.41) is 28.9. The fraction of sp³-hybridized carbons (Fsp3) is 0. The van der Waals surface area contributed by atoms with Crippen LogP contribution in [-0.2, 0) is 0 Å². The van der Waals surface area contributed by atoms with Crippen LogP contribution in [0.25, 0.3) is 134 Å². The molecule has 0 aliphatic carbocycles. The molecule has 2 N–H and O–H groups in total. The maximum absolute atomic E-state index is 9.83. The van der Waals surface area contributed by atoms with Crippen LogP contribution in [0.5, 0.6) is 0 Å². The van der Waals surface area contributed by atoms with Gasteiger partial charge in [-0.1, -0.05) is 121 Å². The van der Waals surface area contributed by atoms with Crippen LogP contribution in [0.1, 0.15) is 33.9 Å². The summed E-state index contributed by atoms with van der Waals surface area (Å²) in [5.74, 6) is 0. The summed E-state index contributed by atoms with van der Waals surface area (Å²) < 4.78 is 0. The summed E-state index contributed by atoms with van der Waals surface area (Å²) in [5.41, 5.74) is 15.6. The SMILES string of the molecule is N#Cc1ccc(-c2c3nc(c(-c4cc5ccccc5c5ccccc45)c4ccc([nH]4)c(-c4ccc(C#N)cc4)c4nc(c(-c5cc6ccccc6c6ccccc56)c5ccc2[nH]5)C=C4)C=C3)cc1. The van der Waals surface area contributed by atoms with Gasteiger partial charge in [0.05, 0.1) is 46.0 Å². The summed E-state index contributed by atoms with van der Waals surface area (Å²) in [4.78, 5) is 19.0. The Morgan fingerprint density at radius 1 is 0.324 bits per heavy atom. The largest absolute Gasteiger partial charge is 0.354 e. The molecule has 2 aliphatic heterocycles. The molecule has 0 saturated heterocycles. The van der Waals surface area contributed by atoms with E-state index in [4.69, 9.17) is 9.97 Å². The molecule has 6 heteroatoms. The van der Waals surface area contributed by atoms with E-state index in [2.05, 4.69) is 180 Å². The Hall–Kier alpha value is -9.62. The molecule has 13 rings (SSSR count). The maximum atomic E-state index is 9.83. The van der Waals surface area contributed by atoms with Crippen LogP contribution >= 0.6 is 0 Å². The van der Waals surface area contributed by atoms with Gasteiger partial charge in [-0.15, -0.1) is 0 Å². The smallest absolute Gasteiger partial charge is 0.0991 e. The molecule has 3 aromatic heterocycles. The van der Waals surface area contributed by atoms with E-state index in [0.29, 0.717) is 11.1 Å². The van der Waals surface area contributed by atoms with E-state index in [0.717, 1.165) is 122 Å². The first-order valence-electron chi connectivity index (χ1n) is 22.6. The number of H-pyrrole nitrogens is 2.